The Morgan fingerprint density at radius 1 is 1.24 bits per heavy atom. The number of hydrogen-bond acceptors (Lipinski definition) is 3. The van der Waals surface area contributed by atoms with Gasteiger partial charge in [-0.15, -0.1) is 0 Å². The van der Waals surface area contributed by atoms with Crippen LogP contribution in [-0.2, 0) is 4.74 Å². The fourth-order valence-electron chi connectivity index (χ4n) is 1.63. The van der Waals surface area contributed by atoms with Gasteiger partial charge in [0.15, 0.2) is 0 Å². The van der Waals surface area contributed by atoms with Crippen molar-refractivity contribution >= 4 is 6.09 Å². The Balaban J connectivity index is 4.23. The average Bonchev–Trinajstić information content (AvgIpc) is 2.11. The summed E-state index contributed by atoms with van der Waals surface area (Å²) in [6.07, 6.45) is -0.387. The molecule has 1 atom stereocenters. The van der Waals surface area contributed by atoms with Crippen molar-refractivity contribution in [1.82, 2.24) is 5.32 Å². The van der Waals surface area contributed by atoms with Gasteiger partial charge in [0.2, 0.25) is 0 Å². The summed E-state index contributed by atoms with van der Waals surface area (Å²) in [6, 6.07) is 0.0393. The van der Waals surface area contributed by atoms with Crippen LogP contribution in [0.15, 0.2) is 0 Å². The van der Waals surface area contributed by atoms with E-state index in [0.717, 1.165) is 0 Å². The number of nitrogens with one attached hydrogen (secondary N) is 1. The molecule has 0 radical (unpaired) electrons. The standard InChI is InChI=1S/C13H28N2O2/c1-9(2)10(14)13(6,7)8-15-11(16)17-12(3,4)5/h9-10H,8,14H2,1-7H3,(H,15,16). The fraction of sp³-hybridized carbons (Fsp3) is 0.923. The lowest BCUT2D eigenvalue weighted by molar-refractivity contribution is 0.0495. The molecular formula is C13H28N2O2. The van der Waals surface area contributed by atoms with E-state index < -0.39 is 5.60 Å². The van der Waals surface area contributed by atoms with Crippen molar-refractivity contribution in [1.29, 1.82) is 0 Å². The van der Waals surface area contributed by atoms with E-state index in [9.17, 15) is 4.79 Å². The second-order valence-electron chi connectivity index (χ2n) is 6.61. The zero-order valence-corrected chi connectivity index (χ0v) is 12.3. The highest BCUT2D eigenvalue weighted by Crippen LogP contribution is 2.23. The van der Waals surface area contributed by atoms with Gasteiger partial charge in [-0.1, -0.05) is 27.7 Å². The molecule has 4 nitrogen and oxygen atoms in total. The van der Waals surface area contributed by atoms with E-state index in [4.69, 9.17) is 10.5 Å². The van der Waals surface area contributed by atoms with Crippen molar-refractivity contribution in [3.8, 4) is 0 Å². The van der Waals surface area contributed by atoms with Crippen molar-refractivity contribution in [3.05, 3.63) is 0 Å². The molecule has 0 spiro atoms. The predicted octanol–water partition coefficient (Wildman–Crippen LogP) is 2.52. The molecule has 0 rings (SSSR count). The zero-order valence-electron chi connectivity index (χ0n) is 12.3. The topological polar surface area (TPSA) is 64.3 Å². The lowest BCUT2D eigenvalue weighted by atomic mass is 9.79. The van der Waals surface area contributed by atoms with Crippen molar-refractivity contribution in [2.45, 2.75) is 60.1 Å². The van der Waals surface area contributed by atoms with Gasteiger partial charge < -0.3 is 15.8 Å². The summed E-state index contributed by atoms with van der Waals surface area (Å²) in [5.74, 6) is 0.380. The van der Waals surface area contributed by atoms with E-state index in [0.29, 0.717) is 12.5 Å². The Labute approximate surface area is 105 Å². The van der Waals surface area contributed by atoms with Gasteiger partial charge in [-0.05, 0) is 32.1 Å². The molecule has 1 amide bonds. The van der Waals surface area contributed by atoms with E-state index in [1.165, 1.54) is 0 Å². The largest absolute Gasteiger partial charge is 0.444 e. The van der Waals surface area contributed by atoms with Crippen molar-refractivity contribution < 1.29 is 9.53 Å². The number of alkyl carbamates (subject to hydrolysis) is 1. The quantitative estimate of drug-likeness (QED) is 0.798. The SMILES string of the molecule is CC(C)C(N)C(C)(C)CNC(=O)OC(C)(C)C. The number of amides is 1. The zero-order chi connectivity index (χ0) is 13.9. The number of nitrogens with two attached hydrogens (primary N) is 1. The molecule has 0 heterocycles. The Morgan fingerprint density at radius 3 is 2.06 bits per heavy atom. The molecule has 0 aromatic rings. The summed E-state index contributed by atoms with van der Waals surface area (Å²) < 4.78 is 5.18. The van der Waals surface area contributed by atoms with E-state index in [1.807, 2.05) is 20.8 Å². The first-order chi connectivity index (χ1) is 7.46. The van der Waals surface area contributed by atoms with Crippen LogP contribution in [0.1, 0.15) is 48.5 Å². The van der Waals surface area contributed by atoms with Crippen LogP contribution >= 0.6 is 0 Å². The lowest BCUT2D eigenvalue weighted by Crippen LogP contribution is -2.49. The maximum absolute atomic E-state index is 11.5. The van der Waals surface area contributed by atoms with E-state index in [1.54, 1.807) is 0 Å². The summed E-state index contributed by atoms with van der Waals surface area (Å²) in [7, 11) is 0. The van der Waals surface area contributed by atoms with Crippen LogP contribution in [0.4, 0.5) is 4.79 Å². The molecule has 0 aromatic heterocycles. The van der Waals surface area contributed by atoms with Crippen LogP contribution in [0, 0.1) is 11.3 Å². The summed E-state index contributed by atoms with van der Waals surface area (Å²) >= 11 is 0. The summed E-state index contributed by atoms with van der Waals surface area (Å²) in [4.78, 5) is 11.5. The third-order valence-corrected chi connectivity index (χ3v) is 2.71. The van der Waals surface area contributed by atoms with Crippen LogP contribution in [-0.4, -0.2) is 24.3 Å². The van der Waals surface area contributed by atoms with Gasteiger partial charge in [0.05, 0.1) is 0 Å². The first-order valence-electron chi connectivity index (χ1n) is 6.18. The van der Waals surface area contributed by atoms with E-state index in [2.05, 4.69) is 33.0 Å². The van der Waals surface area contributed by atoms with Crippen LogP contribution in [0.5, 0.6) is 0 Å². The van der Waals surface area contributed by atoms with Gasteiger partial charge in [-0.25, -0.2) is 4.79 Å². The minimum atomic E-state index is -0.464. The second kappa shape index (κ2) is 5.71. The van der Waals surface area contributed by atoms with E-state index in [-0.39, 0.29) is 17.6 Å². The van der Waals surface area contributed by atoms with Gasteiger partial charge in [0.1, 0.15) is 5.60 Å². The van der Waals surface area contributed by atoms with Crippen molar-refractivity contribution in [3.63, 3.8) is 0 Å². The second-order valence-corrected chi connectivity index (χ2v) is 6.61. The van der Waals surface area contributed by atoms with Crippen LogP contribution in [0.2, 0.25) is 0 Å². The first-order valence-corrected chi connectivity index (χ1v) is 6.18. The molecule has 0 saturated carbocycles. The predicted molar refractivity (Wildman–Crippen MR) is 70.8 cm³/mol. The summed E-state index contributed by atoms with van der Waals surface area (Å²) in [5.41, 5.74) is 5.50. The maximum atomic E-state index is 11.5. The third-order valence-electron chi connectivity index (χ3n) is 2.71. The number of carbonyl (C=O) groups is 1. The highest BCUT2D eigenvalue weighted by atomic mass is 16.6. The molecule has 0 aromatic carbocycles. The van der Waals surface area contributed by atoms with Crippen LogP contribution in [0.25, 0.3) is 0 Å². The Hall–Kier alpha value is -0.770. The van der Waals surface area contributed by atoms with Crippen molar-refractivity contribution in [2.24, 2.45) is 17.1 Å². The monoisotopic (exact) mass is 244 g/mol. The molecule has 102 valence electrons. The Morgan fingerprint density at radius 2 is 1.71 bits per heavy atom. The van der Waals surface area contributed by atoms with Gasteiger partial charge >= 0.3 is 6.09 Å². The minimum Gasteiger partial charge on any atom is -0.444 e. The smallest absolute Gasteiger partial charge is 0.407 e. The average molecular weight is 244 g/mol. The molecule has 0 aliphatic rings. The fourth-order valence-corrected chi connectivity index (χ4v) is 1.63. The molecular weight excluding hydrogens is 216 g/mol. The summed E-state index contributed by atoms with van der Waals surface area (Å²) in [5, 5.41) is 2.77. The summed E-state index contributed by atoms with van der Waals surface area (Å²) in [6.45, 7) is 14.3. The molecule has 0 fully saturated rings. The number of carbonyl (C=O) groups excluding carboxylic acids is 1. The number of hydrogen-bond donors (Lipinski definition) is 2. The van der Waals surface area contributed by atoms with Crippen LogP contribution in [0.3, 0.4) is 0 Å². The van der Waals surface area contributed by atoms with E-state index >= 15 is 0 Å². The molecule has 0 aliphatic carbocycles. The Kier molecular flexibility index (Phi) is 5.46. The highest BCUT2D eigenvalue weighted by molar-refractivity contribution is 5.67. The maximum Gasteiger partial charge on any atom is 0.407 e. The normalized spacial score (nSPS) is 14.6. The third kappa shape index (κ3) is 6.51. The first kappa shape index (κ1) is 16.2. The molecule has 17 heavy (non-hydrogen) atoms. The Bertz CT molecular complexity index is 255. The number of rotatable bonds is 4. The minimum absolute atomic E-state index is 0.0393. The number of ether oxygens (including phenoxy) is 1. The van der Waals surface area contributed by atoms with Crippen LogP contribution < -0.4 is 11.1 Å². The van der Waals surface area contributed by atoms with Gasteiger partial charge in [-0.3, -0.25) is 0 Å². The molecule has 4 heteroatoms. The molecule has 0 saturated heterocycles. The van der Waals surface area contributed by atoms with Gasteiger partial charge in [0.25, 0.3) is 0 Å². The van der Waals surface area contributed by atoms with Crippen molar-refractivity contribution in [2.75, 3.05) is 6.54 Å². The van der Waals surface area contributed by atoms with Gasteiger partial charge in [-0.2, -0.15) is 0 Å². The molecule has 3 N–H and O–H groups in total. The molecule has 0 aliphatic heterocycles. The lowest BCUT2D eigenvalue weighted by Gasteiger charge is -2.34. The van der Waals surface area contributed by atoms with Gasteiger partial charge in [0, 0.05) is 12.6 Å². The molecule has 0 bridgehead atoms. The molecule has 1 unspecified atom stereocenters. The highest BCUT2D eigenvalue weighted by Gasteiger charge is 2.29.